The smallest absolute Gasteiger partial charge is 0.299 e. The number of anilines is 5. The first-order chi connectivity index (χ1) is 20.4. The fraction of sp³-hybridized carbons (Fsp3) is 0.296. The van der Waals surface area contributed by atoms with Crippen molar-refractivity contribution in [2.75, 3.05) is 55.1 Å². The number of nitro benzene ring substituents is 2. The largest absolute Gasteiger partial charge is 0.473 e. The Kier molecular flexibility index (Phi) is 11.4. The van der Waals surface area contributed by atoms with Gasteiger partial charge < -0.3 is 35.6 Å². The SMILES string of the molecule is CC.O=[N+]([O-])c1cc([N+](=O)[O-])c(Nc2c(OCCO)nn3ccccc23)cc1Nc1ccc(N(CCO)CCO)cc1. The summed E-state index contributed by atoms with van der Waals surface area (Å²) >= 11 is 0. The molecular formula is C27H33N7O8. The Hall–Kier alpha value is -4.99. The molecule has 0 atom stereocenters. The molecule has 0 fully saturated rings. The molecule has 0 bridgehead atoms. The number of rotatable bonds is 14. The summed E-state index contributed by atoms with van der Waals surface area (Å²) in [6.45, 7) is 4.05. The van der Waals surface area contributed by atoms with Crippen LogP contribution in [0.5, 0.6) is 5.88 Å². The van der Waals surface area contributed by atoms with E-state index < -0.39 is 21.2 Å². The van der Waals surface area contributed by atoms with Crippen molar-refractivity contribution in [3.63, 3.8) is 0 Å². The van der Waals surface area contributed by atoms with Crippen LogP contribution in [0.15, 0.2) is 60.8 Å². The molecule has 0 saturated heterocycles. The van der Waals surface area contributed by atoms with Gasteiger partial charge in [-0.2, -0.15) is 0 Å². The van der Waals surface area contributed by atoms with Crippen molar-refractivity contribution >= 4 is 45.3 Å². The van der Waals surface area contributed by atoms with Crippen LogP contribution in [0, 0.1) is 20.2 Å². The first-order valence-corrected chi connectivity index (χ1v) is 13.1. The molecule has 0 aliphatic heterocycles. The highest BCUT2D eigenvalue weighted by molar-refractivity contribution is 5.88. The summed E-state index contributed by atoms with van der Waals surface area (Å²) < 4.78 is 7.01. The molecule has 2 aromatic heterocycles. The number of fused-ring (bicyclic) bond motifs is 1. The molecule has 224 valence electrons. The molecule has 0 aliphatic rings. The number of benzene rings is 2. The number of ether oxygens (including phenoxy) is 1. The van der Waals surface area contributed by atoms with Crippen molar-refractivity contribution in [1.29, 1.82) is 0 Å². The van der Waals surface area contributed by atoms with Gasteiger partial charge in [0.1, 0.15) is 23.7 Å². The van der Waals surface area contributed by atoms with E-state index in [9.17, 15) is 35.5 Å². The van der Waals surface area contributed by atoms with Crippen molar-refractivity contribution in [2.24, 2.45) is 0 Å². The van der Waals surface area contributed by atoms with Crippen LogP contribution in [0.4, 0.5) is 39.8 Å². The van der Waals surface area contributed by atoms with Gasteiger partial charge in [0.15, 0.2) is 0 Å². The van der Waals surface area contributed by atoms with Crippen LogP contribution in [0.1, 0.15) is 13.8 Å². The van der Waals surface area contributed by atoms with Crippen LogP contribution in [-0.4, -0.2) is 74.3 Å². The lowest BCUT2D eigenvalue weighted by Gasteiger charge is -2.23. The van der Waals surface area contributed by atoms with Crippen LogP contribution in [0.2, 0.25) is 0 Å². The predicted octanol–water partition coefficient (Wildman–Crippen LogP) is 3.83. The molecule has 0 saturated carbocycles. The van der Waals surface area contributed by atoms with Gasteiger partial charge in [0.25, 0.3) is 17.3 Å². The minimum Gasteiger partial charge on any atom is -0.473 e. The monoisotopic (exact) mass is 583 g/mol. The molecule has 42 heavy (non-hydrogen) atoms. The Labute approximate surface area is 240 Å². The lowest BCUT2D eigenvalue weighted by Crippen LogP contribution is -2.29. The van der Waals surface area contributed by atoms with Gasteiger partial charge in [-0.25, -0.2) is 4.52 Å². The van der Waals surface area contributed by atoms with Crippen LogP contribution in [0.25, 0.3) is 5.52 Å². The summed E-state index contributed by atoms with van der Waals surface area (Å²) in [5.41, 5.74) is 0.847. The van der Waals surface area contributed by atoms with E-state index in [1.165, 1.54) is 10.6 Å². The molecule has 0 spiro atoms. The van der Waals surface area contributed by atoms with E-state index in [0.717, 1.165) is 11.8 Å². The Morgan fingerprint density at radius 2 is 1.50 bits per heavy atom. The van der Waals surface area contributed by atoms with E-state index >= 15 is 0 Å². The molecule has 0 amide bonds. The van der Waals surface area contributed by atoms with Gasteiger partial charge in [0.05, 0.1) is 41.3 Å². The lowest BCUT2D eigenvalue weighted by atomic mass is 10.1. The number of hydrogen-bond acceptors (Lipinski definition) is 12. The Balaban J connectivity index is 0.00000237. The van der Waals surface area contributed by atoms with Gasteiger partial charge >= 0.3 is 0 Å². The van der Waals surface area contributed by atoms with E-state index in [2.05, 4.69) is 15.7 Å². The summed E-state index contributed by atoms with van der Waals surface area (Å²) in [5.74, 6) is 0.0771. The van der Waals surface area contributed by atoms with Gasteiger partial charge in [-0.05, 0) is 42.5 Å². The van der Waals surface area contributed by atoms with Crippen LogP contribution >= 0.6 is 0 Å². The second-order valence-electron chi connectivity index (χ2n) is 8.41. The molecule has 2 heterocycles. The maximum Gasteiger partial charge on any atom is 0.299 e. The maximum atomic E-state index is 11.9. The van der Waals surface area contributed by atoms with E-state index in [1.807, 2.05) is 13.8 Å². The van der Waals surface area contributed by atoms with Crippen molar-refractivity contribution in [3.8, 4) is 5.88 Å². The standard InChI is InChI=1S/C25H27N7O8.C2H6/c33-11-9-29(10-12-34)18-6-4-17(5-7-18)26-19-15-20(23(32(38)39)16-22(19)31(36)37)27-24-21-3-1-2-8-30(21)28-25(24)40-14-13-35;1-2/h1-8,15-16,26-27,33-35H,9-14H2;1-2H3. The first-order valence-electron chi connectivity index (χ1n) is 13.1. The summed E-state index contributed by atoms with van der Waals surface area (Å²) in [6.07, 6.45) is 1.65. The zero-order valence-electron chi connectivity index (χ0n) is 23.1. The van der Waals surface area contributed by atoms with Gasteiger partial charge in [-0.15, -0.1) is 5.10 Å². The minimum absolute atomic E-state index is 0.0114. The highest BCUT2D eigenvalue weighted by Gasteiger charge is 2.27. The number of hydrogen-bond donors (Lipinski definition) is 5. The van der Waals surface area contributed by atoms with E-state index in [1.54, 1.807) is 53.6 Å². The van der Waals surface area contributed by atoms with Crippen LogP contribution in [-0.2, 0) is 0 Å². The molecular weight excluding hydrogens is 550 g/mol. The number of nitro groups is 2. The second-order valence-corrected chi connectivity index (χ2v) is 8.41. The molecule has 0 unspecified atom stereocenters. The molecule has 5 N–H and O–H groups in total. The molecule has 15 heteroatoms. The number of aromatic nitrogens is 2. The van der Waals surface area contributed by atoms with E-state index in [4.69, 9.17) is 4.74 Å². The highest BCUT2D eigenvalue weighted by atomic mass is 16.6. The fourth-order valence-corrected chi connectivity index (χ4v) is 4.07. The third-order valence-electron chi connectivity index (χ3n) is 5.86. The van der Waals surface area contributed by atoms with Crippen molar-refractivity contribution in [3.05, 3.63) is 81.0 Å². The average Bonchev–Trinajstić information content (AvgIpc) is 3.34. The van der Waals surface area contributed by atoms with Gasteiger partial charge in [-0.1, -0.05) is 19.9 Å². The highest BCUT2D eigenvalue weighted by Crippen LogP contribution is 2.41. The maximum absolute atomic E-state index is 11.9. The van der Waals surface area contributed by atoms with E-state index in [0.29, 0.717) is 24.3 Å². The summed E-state index contributed by atoms with van der Waals surface area (Å²) in [6, 6.07) is 14.0. The zero-order valence-corrected chi connectivity index (χ0v) is 23.1. The third kappa shape index (κ3) is 7.39. The summed E-state index contributed by atoms with van der Waals surface area (Å²) in [5, 5.41) is 61.7. The van der Waals surface area contributed by atoms with Gasteiger partial charge in [0, 0.05) is 30.7 Å². The van der Waals surface area contributed by atoms with Crippen molar-refractivity contribution < 1.29 is 29.9 Å². The average molecular weight is 584 g/mol. The van der Waals surface area contributed by atoms with Crippen LogP contribution < -0.4 is 20.3 Å². The third-order valence-corrected chi connectivity index (χ3v) is 5.86. The number of aliphatic hydroxyl groups excluding tert-OH is 3. The molecule has 4 aromatic rings. The van der Waals surface area contributed by atoms with E-state index in [-0.39, 0.29) is 49.4 Å². The molecule has 0 aliphatic carbocycles. The molecule has 2 aromatic carbocycles. The predicted molar refractivity (Wildman–Crippen MR) is 158 cm³/mol. The number of pyridine rings is 1. The number of nitrogens with one attached hydrogen (secondary N) is 2. The van der Waals surface area contributed by atoms with Gasteiger partial charge in [0.2, 0.25) is 0 Å². The Morgan fingerprint density at radius 3 is 2.07 bits per heavy atom. The minimum atomic E-state index is -0.731. The van der Waals surface area contributed by atoms with Crippen molar-refractivity contribution in [1.82, 2.24) is 9.61 Å². The topological polar surface area (TPSA) is 201 Å². The Bertz CT molecular complexity index is 1490. The van der Waals surface area contributed by atoms with Crippen molar-refractivity contribution in [2.45, 2.75) is 13.8 Å². The molecule has 0 radical (unpaired) electrons. The molecule has 15 nitrogen and oxygen atoms in total. The molecule has 4 rings (SSSR count). The summed E-state index contributed by atoms with van der Waals surface area (Å²) in [7, 11) is 0. The number of nitrogens with zero attached hydrogens (tertiary/aromatic N) is 5. The normalized spacial score (nSPS) is 10.5. The van der Waals surface area contributed by atoms with Gasteiger partial charge in [-0.3, -0.25) is 20.2 Å². The summed E-state index contributed by atoms with van der Waals surface area (Å²) in [4.78, 5) is 24.1. The van der Waals surface area contributed by atoms with Crippen LogP contribution in [0.3, 0.4) is 0 Å². The quantitative estimate of drug-likeness (QED) is 0.106. The fourth-order valence-electron chi connectivity index (χ4n) is 4.07. The number of aliphatic hydroxyl groups is 3. The lowest BCUT2D eigenvalue weighted by molar-refractivity contribution is -0.393. The first kappa shape index (κ1) is 31.5. The second kappa shape index (κ2) is 15.1. The zero-order chi connectivity index (χ0) is 30.6. The Morgan fingerprint density at radius 1 is 0.881 bits per heavy atom.